The van der Waals surface area contributed by atoms with Crippen LogP contribution >= 0.6 is 0 Å². The summed E-state index contributed by atoms with van der Waals surface area (Å²) in [7, 11) is 0. The van der Waals surface area contributed by atoms with Crippen molar-refractivity contribution in [2.45, 2.75) is 258 Å². The Labute approximate surface area is 306 Å². The molecule has 0 rings (SSSR count). The first-order chi connectivity index (χ1) is 24.1. The molecule has 5 nitrogen and oxygen atoms in total. The Hall–Kier alpha value is -1.10. The second-order valence-corrected chi connectivity index (χ2v) is 15.1. The van der Waals surface area contributed by atoms with E-state index in [1.807, 2.05) is 0 Å². The first-order valence-corrected chi connectivity index (χ1v) is 22.1. The van der Waals surface area contributed by atoms with E-state index in [-0.39, 0.29) is 25.2 Å². The van der Waals surface area contributed by atoms with E-state index in [9.17, 15) is 14.7 Å². The fraction of sp³-hybridized carbons (Fsp3) is 0.955. The van der Waals surface area contributed by atoms with Gasteiger partial charge in [-0.15, -0.1) is 0 Å². The van der Waals surface area contributed by atoms with Gasteiger partial charge in [0.15, 0.2) is 6.10 Å². The Morgan fingerprint density at radius 3 is 0.898 bits per heavy atom. The lowest BCUT2D eigenvalue weighted by Gasteiger charge is -2.15. The second-order valence-electron chi connectivity index (χ2n) is 15.1. The van der Waals surface area contributed by atoms with E-state index in [1.165, 1.54) is 193 Å². The van der Waals surface area contributed by atoms with E-state index in [2.05, 4.69) is 13.8 Å². The lowest BCUT2D eigenvalue weighted by Crippen LogP contribution is -2.28. The monoisotopic (exact) mass is 695 g/mol. The van der Waals surface area contributed by atoms with Gasteiger partial charge in [-0.3, -0.25) is 9.59 Å². The van der Waals surface area contributed by atoms with Crippen LogP contribution in [0.2, 0.25) is 0 Å². The summed E-state index contributed by atoms with van der Waals surface area (Å²) in [5.41, 5.74) is 0. The Bertz CT molecular complexity index is 666. The molecule has 0 aliphatic carbocycles. The first kappa shape index (κ1) is 47.9. The van der Waals surface area contributed by atoms with Crippen LogP contribution in [0.15, 0.2) is 0 Å². The molecule has 0 aliphatic heterocycles. The predicted octanol–water partition coefficient (Wildman–Crippen LogP) is 13.9. The molecule has 0 unspecified atom stereocenters. The van der Waals surface area contributed by atoms with Crippen LogP contribution in [0.5, 0.6) is 0 Å². The van der Waals surface area contributed by atoms with Gasteiger partial charge in [0.1, 0.15) is 6.61 Å². The third kappa shape index (κ3) is 39.5. The SMILES string of the molecule is CCCCCCCCCCCCCCCCCCCCCCCC(=O)OC[C@H](CO)OC(=O)CCCCCCCCCCCCCCCC. The number of aliphatic hydroxyl groups is 1. The number of carbonyl (C=O) groups excluding carboxylic acids is 2. The minimum Gasteiger partial charge on any atom is -0.462 e. The molecular formula is C44H86O5. The quantitative estimate of drug-likeness (QED) is 0.0509. The fourth-order valence-electron chi connectivity index (χ4n) is 6.79. The molecule has 0 amide bonds. The van der Waals surface area contributed by atoms with Crippen molar-refractivity contribution in [2.24, 2.45) is 0 Å². The van der Waals surface area contributed by atoms with Gasteiger partial charge in [0.2, 0.25) is 0 Å². The van der Waals surface area contributed by atoms with E-state index < -0.39 is 6.10 Å². The highest BCUT2D eigenvalue weighted by Crippen LogP contribution is 2.16. The zero-order valence-electron chi connectivity index (χ0n) is 33.2. The highest BCUT2D eigenvalue weighted by molar-refractivity contribution is 5.70. The van der Waals surface area contributed by atoms with E-state index in [0.717, 1.165) is 32.1 Å². The zero-order chi connectivity index (χ0) is 35.7. The molecule has 0 aromatic carbocycles. The van der Waals surface area contributed by atoms with Gasteiger partial charge in [0.25, 0.3) is 0 Å². The van der Waals surface area contributed by atoms with Crippen molar-refractivity contribution in [2.75, 3.05) is 13.2 Å². The number of esters is 2. The van der Waals surface area contributed by atoms with Crippen LogP contribution in [0.3, 0.4) is 0 Å². The van der Waals surface area contributed by atoms with Gasteiger partial charge in [-0.25, -0.2) is 0 Å². The number of ether oxygens (including phenoxy) is 2. The number of aliphatic hydroxyl groups excluding tert-OH is 1. The fourth-order valence-corrected chi connectivity index (χ4v) is 6.79. The average molecular weight is 695 g/mol. The smallest absolute Gasteiger partial charge is 0.306 e. The Balaban J connectivity index is 3.44. The van der Waals surface area contributed by atoms with Gasteiger partial charge in [0.05, 0.1) is 6.61 Å². The molecule has 0 aliphatic rings. The summed E-state index contributed by atoms with van der Waals surface area (Å²) in [4.78, 5) is 24.3. The van der Waals surface area contributed by atoms with Gasteiger partial charge in [0, 0.05) is 12.8 Å². The van der Waals surface area contributed by atoms with Crippen molar-refractivity contribution in [3.05, 3.63) is 0 Å². The Morgan fingerprint density at radius 2 is 0.633 bits per heavy atom. The normalized spacial score (nSPS) is 12.0. The van der Waals surface area contributed by atoms with Gasteiger partial charge >= 0.3 is 11.9 Å². The molecule has 0 radical (unpaired) electrons. The number of rotatable bonds is 41. The zero-order valence-corrected chi connectivity index (χ0v) is 33.2. The minimum absolute atomic E-state index is 0.0565. The largest absolute Gasteiger partial charge is 0.462 e. The van der Waals surface area contributed by atoms with Crippen molar-refractivity contribution in [3.8, 4) is 0 Å². The lowest BCUT2D eigenvalue weighted by molar-refractivity contribution is -0.161. The molecule has 0 heterocycles. The van der Waals surface area contributed by atoms with Crippen LogP contribution < -0.4 is 0 Å². The molecular weight excluding hydrogens is 608 g/mol. The second kappa shape index (κ2) is 41.3. The maximum absolute atomic E-state index is 12.2. The summed E-state index contributed by atoms with van der Waals surface area (Å²) in [6.07, 6.45) is 46.1. The lowest BCUT2D eigenvalue weighted by atomic mass is 10.0. The van der Waals surface area contributed by atoms with E-state index in [1.54, 1.807) is 0 Å². The van der Waals surface area contributed by atoms with Crippen LogP contribution in [0.4, 0.5) is 0 Å². The molecule has 1 N–H and O–H groups in total. The van der Waals surface area contributed by atoms with Crippen LogP contribution in [-0.4, -0.2) is 36.4 Å². The molecule has 1 atom stereocenters. The van der Waals surface area contributed by atoms with Gasteiger partial charge < -0.3 is 14.6 Å². The summed E-state index contributed by atoms with van der Waals surface area (Å²) in [6.45, 7) is 4.18. The molecule has 0 saturated heterocycles. The predicted molar refractivity (Wildman–Crippen MR) is 210 cm³/mol. The molecule has 0 aromatic heterocycles. The van der Waals surface area contributed by atoms with Gasteiger partial charge in [-0.05, 0) is 12.8 Å². The van der Waals surface area contributed by atoms with E-state index in [0.29, 0.717) is 12.8 Å². The standard InChI is InChI=1S/C44H86O5/c1-3-5-7-9-11-13-15-17-19-20-21-22-23-24-25-27-28-30-32-34-36-38-43(46)48-41-42(40-45)49-44(47)39-37-35-33-31-29-26-18-16-14-12-10-8-6-4-2/h42,45H,3-41H2,1-2H3/t42-/m0/s1. The van der Waals surface area contributed by atoms with Crippen molar-refractivity contribution >= 4 is 11.9 Å². The van der Waals surface area contributed by atoms with Crippen molar-refractivity contribution in [3.63, 3.8) is 0 Å². The maximum atomic E-state index is 12.2. The first-order valence-electron chi connectivity index (χ1n) is 22.1. The molecule has 0 bridgehead atoms. The number of hydrogen-bond donors (Lipinski definition) is 1. The van der Waals surface area contributed by atoms with Gasteiger partial charge in [-0.2, -0.15) is 0 Å². The Kier molecular flexibility index (Phi) is 40.4. The van der Waals surface area contributed by atoms with Crippen LogP contribution in [0.25, 0.3) is 0 Å². The number of unbranched alkanes of at least 4 members (excludes halogenated alkanes) is 33. The topological polar surface area (TPSA) is 72.8 Å². The molecule has 292 valence electrons. The Morgan fingerprint density at radius 1 is 0.388 bits per heavy atom. The third-order valence-corrected chi connectivity index (χ3v) is 10.2. The molecule has 0 spiro atoms. The van der Waals surface area contributed by atoms with Crippen LogP contribution in [-0.2, 0) is 19.1 Å². The molecule has 5 heteroatoms. The van der Waals surface area contributed by atoms with Gasteiger partial charge in [-0.1, -0.05) is 226 Å². The van der Waals surface area contributed by atoms with E-state index >= 15 is 0 Å². The van der Waals surface area contributed by atoms with Crippen molar-refractivity contribution in [1.29, 1.82) is 0 Å². The summed E-state index contributed by atoms with van der Waals surface area (Å²) in [5, 5.41) is 9.57. The maximum Gasteiger partial charge on any atom is 0.306 e. The van der Waals surface area contributed by atoms with Crippen LogP contribution in [0, 0.1) is 0 Å². The average Bonchev–Trinajstić information content (AvgIpc) is 3.10. The third-order valence-electron chi connectivity index (χ3n) is 10.2. The summed E-state index contributed by atoms with van der Waals surface area (Å²) >= 11 is 0. The summed E-state index contributed by atoms with van der Waals surface area (Å²) in [5.74, 6) is -0.572. The molecule has 0 aromatic rings. The minimum atomic E-state index is -0.761. The number of hydrogen-bond acceptors (Lipinski definition) is 5. The molecule has 0 saturated carbocycles. The van der Waals surface area contributed by atoms with E-state index in [4.69, 9.17) is 9.47 Å². The highest BCUT2D eigenvalue weighted by atomic mass is 16.6. The van der Waals surface area contributed by atoms with Crippen molar-refractivity contribution < 1.29 is 24.2 Å². The highest BCUT2D eigenvalue weighted by Gasteiger charge is 2.16. The number of carbonyl (C=O) groups is 2. The van der Waals surface area contributed by atoms with Crippen molar-refractivity contribution in [1.82, 2.24) is 0 Å². The van der Waals surface area contributed by atoms with Crippen LogP contribution in [0.1, 0.15) is 251 Å². The summed E-state index contributed by atoms with van der Waals surface area (Å²) < 4.78 is 10.6. The summed E-state index contributed by atoms with van der Waals surface area (Å²) in [6, 6.07) is 0. The molecule has 0 fully saturated rings. The molecule has 49 heavy (non-hydrogen) atoms.